The number of nitrogens with zero attached hydrogens (tertiary/aromatic N) is 1. The second kappa shape index (κ2) is 5.89. The zero-order valence-electron chi connectivity index (χ0n) is 10.2. The quantitative estimate of drug-likeness (QED) is 0.872. The zero-order chi connectivity index (χ0) is 13.0. The average molecular weight is 266 g/mol. The first-order chi connectivity index (χ1) is 8.72. The predicted molar refractivity (Wildman–Crippen MR) is 72.5 cm³/mol. The monoisotopic (exact) mass is 265 g/mol. The first-order valence-corrected chi connectivity index (χ1v) is 6.28. The molecule has 0 saturated carbocycles. The average Bonchev–Trinajstić information content (AvgIpc) is 2.88. The maximum Gasteiger partial charge on any atom is 0.128 e. The summed E-state index contributed by atoms with van der Waals surface area (Å²) in [7, 11) is 0. The van der Waals surface area contributed by atoms with Gasteiger partial charge in [-0.2, -0.15) is 0 Å². The number of halogens is 1. The second-order valence-electron chi connectivity index (χ2n) is 4.03. The summed E-state index contributed by atoms with van der Waals surface area (Å²) < 4.78 is 5.45. The third kappa shape index (κ3) is 2.83. The van der Waals surface area contributed by atoms with Gasteiger partial charge < -0.3 is 15.5 Å². The Bertz CT molecular complexity index is 499. The van der Waals surface area contributed by atoms with Crippen LogP contribution in [0.15, 0.2) is 35.1 Å². The third-order valence-electron chi connectivity index (χ3n) is 2.65. The van der Waals surface area contributed by atoms with Crippen molar-refractivity contribution in [1.29, 1.82) is 0 Å². The largest absolute Gasteiger partial charge is 0.467 e. The van der Waals surface area contributed by atoms with E-state index in [2.05, 4.69) is 17.2 Å². The summed E-state index contributed by atoms with van der Waals surface area (Å²) in [6, 6.07) is 5.46. The molecule has 0 amide bonds. The Kier molecular flexibility index (Phi) is 4.23. The van der Waals surface area contributed by atoms with Crippen LogP contribution in [0, 0.1) is 0 Å². The van der Waals surface area contributed by atoms with E-state index >= 15 is 0 Å². The highest BCUT2D eigenvalue weighted by Crippen LogP contribution is 2.28. The molecule has 0 fully saturated rings. The van der Waals surface area contributed by atoms with Crippen molar-refractivity contribution >= 4 is 17.4 Å². The van der Waals surface area contributed by atoms with Crippen LogP contribution in [0.5, 0.6) is 0 Å². The Hall–Kier alpha value is -1.52. The van der Waals surface area contributed by atoms with Crippen LogP contribution in [0.2, 0.25) is 5.02 Å². The maximum atomic E-state index is 5.98. The van der Waals surface area contributed by atoms with Gasteiger partial charge in [0.2, 0.25) is 0 Å². The Morgan fingerprint density at radius 2 is 2.39 bits per heavy atom. The van der Waals surface area contributed by atoms with Gasteiger partial charge in [0, 0.05) is 11.8 Å². The summed E-state index contributed by atoms with van der Waals surface area (Å²) in [5.41, 5.74) is 6.76. The summed E-state index contributed by atoms with van der Waals surface area (Å²) in [6.07, 6.45) is 4.20. The number of nitrogen functional groups attached to an aromatic ring is 1. The normalized spacial score (nSPS) is 12.6. The van der Waals surface area contributed by atoms with Crippen molar-refractivity contribution < 1.29 is 4.42 Å². The van der Waals surface area contributed by atoms with Crippen LogP contribution in [0.4, 0.5) is 5.82 Å². The van der Waals surface area contributed by atoms with Gasteiger partial charge in [-0.05, 0) is 31.2 Å². The molecule has 0 aromatic carbocycles. The van der Waals surface area contributed by atoms with E-state index in [1.807, 2.05) is 18.2 Å². The van der Waals surface area contributed by atoms with Gasteiger partial charge in [0.25, 0.3) is 0 Å². The number of nitrogens with one attached hydrogen (secondary N) is 1. The summed E-state index contributed by atoms with van der Waals surface area (Å²) in [4.78, 5) is 4.08. The van der Waals surface area contributed by atoms with Gasteiger partial charge in [0.15, 0.2) is 0 Å². The third-order valence-corrected chi connectivity index (χ3v) is 2.86. The van der Waals surface area contributed by atoms with E-state index in [9.17, 15) is 0 Å². The van der Waals surface area contributed by atoms with Crippen LogP contribution in [0.25, 0.3) is 0 Å². The number of aromatic nitrogens is 1. The predicted octanol–water partition coefficient (Wildman–Crippen LogP) is 3.00. The molecule has 2 heterocycles. The molecule has 1 unspecified atom stereocenters. The molecule has 2 aromatic heterocycles. The molecular formula is C13H16ClN3O. The van der Waals surface area contributed by atoms with Gasteiger partial charge >= 0.3 is 0 Å². The van der Waals surface area contributed by atoms with Crippen molar-refractivity contribution in [2.24, 2.45) is 0 Å². The molecule has 3 N–H and O–H groups in total. The van der Waals surface area contributed by atoms with E-state index in [1.54, 1.807) is 12.5 Å². The summed E-state index contributed by atoms with van der Waals surface area (Å²) in [5.74, 6) is 1.27. The Balaban J connectivity index is 2.36. The lowest BCUT2D eigenvalue weighted by Crippen LogP contribution is -2.24. The fourth-order valence-electron chi connectivity index (χ4n) is 1.80. The highest BCUT2D eigenvalue weighted by molar-refractivity contribution is 6.30. The molecule has 18 heavy (non-hydrogen) atoms. The van der Waals surface area contributed by atoms with Gasteiger partial charge in [0.05, 0.1) is 17.3 Å². The number of furan rings is 1. The molecule has 0 aliphatic heterocycles. The Morgan fingerprint density at radius 3 is 3.06 bits per heavy atom. The van der Waals surface area contributed by atoms with E-state index in [-0.39, 0.29) is 6.04 Å². The maximum absolute atomic E-state index is 5.98. The van der Waals surface area contributed by atoms with Crippen LogP contribution in [0.1, 0.15) is 30.7 Å². The van der Waals surface area contributed by atoms with E-state index in [0.717, 1.165) is 24.3 Å². The van der Waals surface area contributed by atoms with Crippen LogP contribution < -0.4 is 11.1 Å². The first-order valence-electron chi connectivity index (χ1n) is 5.90. The van der Waals surface area contributed by atoms with Crippen molar-refractivity contribution in [3.63, 3.8) is 0 Å². The van der Waals surface area contributed by atoms with Crippen molar-refractivity contribution in [2.45, 2.75) is 19.4 Å². The summed E-state index contributed by atoms with van der Waals surface area (Å²) in [5, 5.41) is 3.95. The number of nitrogens with two attached hydrogens (primary N) is 1. The lowest BCUT2D eigenvalue weighted by atomic mass is 10.1. The van der Waals surface area contributed by atoms with E-state index < -0.39 is 0 Å². The lowest BCUT2D eigenvalue weighted by Gasteiger charge is -2.18. The number of pyridine rings is 1. The first kappa shape index (κ1) is 12.9. The van der Waals surface area contributed by atoms with Crippen molar-refractivity contribution in [1.82, 2.24) is 10.3 Å². The molecule has 0 radical (unpaired) electrons. The van der Waals surface area contributed by atoms with Gasteiger partial charge in [-0.1, -0.05) is 18.5 Å². The fourth-order valence-corrected chi connectivity index (χ4v) is 1.97. The molecule has 5 heteroatoms. The Labute approximate surface area is 111 Å². The molecule has 4 nitrogen and oxygen atoms in total. The molecular weight excluding hydrogens is 250 g/mol. The van der Waals surface area contributed by atoms with E-state index in [0.29, 0.717) is 10.8 Å². The number of hydrogen-bond donors (Lipinski definition) is 2. The molecule has 1 atom stereocenters. The van der Waals surface area contributed by atoms with Crippen LogP contribution in [-0.2, 0) is 0 Å². The van der Waals surface area contributed by atoms with E-state index in [1.165, 1.54) is 0 Å². The fraction of sp³-hybridized carbons (Fsp3) is 0.308. The molecule has 0 aliphatic carbocycles. The second-order valence-corrected chi connectivity index (χ2v) is 4.47. The summed E-state index contributed by atoms with van der Waals surface area (Å²) in [6.45, 7) is 2.96. The van der Waals surface area contributed by atoms with Crippen LogP contribution in [0.3, 0.4) is 0 Å². The highest BCUT2D eigenvalue weighted by atomic mass is 35.5. The topological polar surface area (TPSA) is 64.1 Å². The van der Waals surface area contributed by atoms with E-state index in [4.69, 9.17) is 21.8 Å². The smallest absolute Gasteiger partial charge is 0.128 e. The number of hydrogen-bond acceptors (Lipinski definition) is 4. The minimum Gasteiger partial charge on any atom is -0.467 e. The van der Waals surface area contributed by atoms with Gasteiger partial charge in [-0.3, -0.25) is 0 Å². The van der Waals surface area contributed by atoms with Crippen molar-refractivity contribution in [3.8, 4) is 0 Å². The molecule has 2 rings (SSSR count). The van der Waals surface area contributed by atoms with Gasteiger partial charge in [-0.15, -0.1) is 0 Å². The molecule has 0 saturated heterocycles. The highest BCUT2D eigenvalue weighted by Gasteiger charge is 2.19. The van der Waals surface area contributed by atoms with Crippen LogP contribution >= 0.6 is 11.6 Å². The number of rotatable bonds is 5. The zero-order valence-corrected chi connectivity index (χ0v) is 10.9. The molecule has 96 valence electrons. The lowest BCUT2D eigenvalue weighted by molar-refractivity contribution is 0.447. The molecule has 0 bridgehead atoms. The van der Waals surface area contributed by atoms with Gasteiger partial charge in [0.1, 0.15) is 11.6 Å². The standard InChI is InChI=1S/C13H16ClN3O/c1-2-5-16-12(11-4-3-6-18-11)10-7-9(14)8-17-13(10)15/h3-4,6-8,12,16H,2,5H2,1H3,(H2,15,17). The summed E-state index contributed by atoms with van der Waals surface area (Å²) >= 11 is 5.98. The Morgan fingerprint density at radius 1 is 1.56 bits per heavy atom. The van der Waals surface area contributed by atoms with Crippen molar-refractivity contribution in [2.75, 3.05) is 12.3 Å². The number of anilines is 1. The minimum atomic E-state index is -0.119. The molecule has 0 aliphatic rings. The minimum absolute atomic E-state index is 0.119. The molecule has 2 aromatic rings. The molecule has 0 spiro atoms. The van der Waals surface area contributed by atoms with Gasteiger partial charge in [-0.25, -0.2) is 4.98 Å². The van der Waals surface area contributed by atoms with Crippen molar-refractivity contribution in [3.05, 3.63) is 47.0 Å². The van der Waals surface area contributed by atoms with Crippen LogP contribution in [-0.4, -0.2) is 11.5 Å². The SMILES string of the molecule is CCCNC(c1ccco1)c1cc(Cl)cnc1N.